The molecular weight excluding hydrogens is 434 g/mol. The van der Waals surface area contributed by atoms with Gasteiger partial charge in [0.1, 0.15) is 17.2 Å². The molecule has 2 aromatic carbocycles. The van der Waals surface area contributed by atoms with Crippen molar-refractivity contribution in [2.45, 2.75) is 38.5 Å². The van der Waals surface area contributed by atoms with Crippen molar-refractivity contribution in [3.63, 3.8) is 0 Å². The van der Waals surface area contributed by atoms with E-state index < -0.39 is 5.97 Å². The lowest BCUT2D eigenvalue weighted by atomic mass is 9.99. The lowest BCUT2D eigenvalue weighted by Gasteiger charge is -2.14. The number of carboxylic acids is 1. The molecule has 1 aliphatic rings. The van der Waals surface area contributed by atoms with Crippen LogP contribution in [0.5, 0.6) is 11.5 Å². The van der Waals surface area contributed by atoms with Crippen molar-refractivity contribution >= 4 is 33.9 Å². The molecule has 1 aliphatic carbocycles. The lowest BCUT2D eigenvalue weighted by Crippen LogP contribution is -2.32. The molecule has 2 aromatic rings. The highest BCUT2D eigenvalue weighted by Gasteiger charge is 2.22. The molecule has 1 saturated carbocycles. The average Bonchev–Trinajstić information content (AvgIpc) is 3.00. The van der Waals surface area contributed by atoms with E-state index in [1.54, 1.807) is 24.3 Å². The van der Waals surface area contributed by atoms with Crippen LogP contribution in [0.2, 0.25) is 0 Å². The topological polar surface area (TPSA) is 75.6 Å². The Labute approximate surface area is 178 Å². The Morgan fingerprint density at radius 2 is 1.66 bits per heavy atom. The summed E-state index contributed by atoms with van der Waals surface area (Å²) in [5, 5.41) is 12.1. The molecule has 0 heterocycles. The monoisotopic (exact) mass is 457 g/mol. The van der Waals surface area contributed by atoms with Gasteiger partial charge in [-0.1, -0.05) is 49.9 Å². The number of carbonyl (C=O) groups is 2. The molecule has 0 bridgehead atoms. The molecule has 2 N–H and O–H groups in total. The largest absolute Gasteiger partial charge is 0.477 e. The number of para-hydroxylation sites is 1. The highest BCUT2D eigenvalue weighted by Crippen LogP contribution is 2.29. The second-order valence-electron chi connectivity index (χ2n) is 7.14. The van der Waals surface area contributed by atoms with Crippen molar-refractivity contribution in [1.82, 2.24) is 5.32 Å². The van der Waals surface area contributed by atoms with Crippen LogP contribution in [-0.4, -0.2) is 17.0 Å². The molecule has 0 radical (unpaired) electrons. The molecule has 0 aliphatic heterocycles. The maximum absolute atomic E-state index is 12.5. The standard InChI is InChI=1S/C23H24BrNO4/c24-19-9-5-6-10-21(19)29-18-13-11-16(12-14-18)15-20(23(27)28)25-22(26)17-7-3-1-2-4-8-17/h5-6,9-15,17H,1-4,7-8H2,(H,25,26)(H,27,28)/b20-15+. The number of rotatable bonds is 6. The molecular formula is C23H24BrNO4. The Kier molecular flexibility index (Phi) is 7.47. The zero-order valence-electron chi connectivity index (χ0n) is 16.1. The van der Waals surface area contributed by atoms with Crippen molar-refractivity contribution in [3.8, 4) is 11.5 Å². The first-order chi connectivity index (χ1) is 14.0. The molecule has 6 heteroatoms. The fraction of sp³-hybridized carbons (Fsp3) is 0.304. The summed E-state index contributed by atoms with van der Waals surface area (Å²) in [6, 6.07) is 14.6. The molecule has 0 saturated heterocycles. The Morgan fingerprint density at radius 3 is 2.28 bits per heavy atom. The minimum atomic E-state index is -1.15. The summed E-state index contributed by atoms with van der Waals surface area (Å²) in [5.41, 5.74) is 0.557. The highest BCUT2D eigenvalue weighted by molar-refractivity contribution is 9.10. The molecule has 152 valence electrons. The smallest absolute Gasteiger partial charge is 0.352 e. The number of benzene rings is 2. The number of aliphatic carboxylic acids is 1. The Hall–Kier alpha value is -2.60. The molecule has 29 heavy (non-hydrogen) atoms. The van der Waals surface area contributed by atoms with Crippen molar-refractivity contribution in [3.05, 3.63) is 64.3 Å². The van der Waals surface area contributed by atoms with Crippen LogP contribution in [0.3, 0.4) is 0 Å². The van der Waals surface area contributed by atoms with Gasteiger partial charge in [0.25, 0.3) is 0 Å². The van der Waals surface area contributed by atoms with E-state index in [9.17, 15) is 14.7 Å². The van der Waals surface area contributed by atoms with Gasteiger partial charge in [-0.05, 0) is 64.7 Å². The fourth-order valence-electron chi connectivity index (χ4n) is 3.38. The number of ether oxygens (including phenoxy) is 1. The minimum absolute atomic E-state index is 0.111. The van der Waals surface area contributed by atoms with Crippen LogP contribution in [0.15, 0.2) is 58.7 Å². The van der Waals surface area contributed by atoms with Crippen LogP contribution >= 0.6 is 15.9 Å². The Balaban J connectivity index is 1.69. The molecule has 0 atom stereocenters. The zero-order chi connectivity index (χ0) is 20.6. The van der Waals surface area contributed by atoms with Crippen molar-refractivity contribution in [2.24, 2.45) is 5.92 Å². The van der Waals surface area contributed by atoms with Gasteiger partial charge in [-0.3, -0.25) is 4.79 Å². The normalized spacial score (nSPS) is 15.4. The molecule has 1 fully saturated rings. The third-order valence-electron chi connectivity index (χ3n) is 4.97. The molecule has 1 amide bonds. The van der Waals surface area contributed by atoms with Crippen LogP contribution < -0.4 is 10.1 Å². The van der Waals surface area contributed by atoms with Crippen LogP contribution in [-0.2, 0) is 9.59 Å². The average molecular weight is 458 g/mol. The maximum atomic E-state index is 12.5. The Morgan fingerprint density at radius 1 is 1.00 bits per heavy atom. The van der Waals surface area contributed by atoms with Crippen molar-refractivity contribution in [2.75, 3.05) is 0 Å². The number of carboxylic acid groups (broad SMARTS) is 1. The predicted molar refractivity (Wildman–Crippen MR) is 116 cm³/mol. The van der Waals surface area contributed by atoms with E-state index in [0.717, 1.165) is 43.0 Å². The second kappa shape index (κ2) is 10.3. The number of amides is 1. The number of halogens is 1. The summed E-state index contributed by atoms with van der Waals surface area (Å²) in [4.78, 5) is 24.1. The molecule has 0 unspecified atom stereocenters. The first-order valence-corrected chi connectivity index (χ1v) is 10.6. The summed E-state index contributed by atoms with van der Waals surface area (Å²) in [5.74, 6) is -0.138. The Bertz CT molecular complexity index is 884. The number of hydrogen-bond donors (Lipinski definition) is 2. The van der Waals surface area contributed by atoms with Gasteiger partial charge in [-0.15, -0.1) is 0 Å². The molecule has 3 rings (SSSR count). The molecule has 0 spiro atoms. The summed E-state index contributed by atoms with van der Waals surface area (Å²) in [6.45, 7) is 0. The summed E-state index contributed by atoms with van der Waals surface area (Å²) >= 11 is 3.44. The van der Waals surface area contributed by atoms with Crippen LogP contribution in [0, 0.1) is 5.92 Å². The highest BCUT2D eigenvalue weighted by atomic mass is 79.9. The molecule has 0 aromatic heterocycles. The first kappa shape index (κ1) is 21.1. The van der Waals surface area contributed by atoms with Gasteiger partial charge in [0.2, 0.25) is 5.91 Å². The van der Waals surface area contributed by atoms with Gasteiger partial charge in [0, 0.05) is 5.92 Å². The summed E-state index contributed by atoms with van der Waals surface area (Å²) < 4.78 is 6.66. The van der Waals surface area contributed by atoms with E-state index in [2.05, 4.69) is 21.2 Å². The van der Waals surface area contributed by atoms with Gasteiger partial charge in [-0.2, -0.15) is 0 Å². The van der Waals surface area contributed by atoms with Gasteiger partial charge < -0.3 is 15.2 Å². The number of carbonyl (C=O) groups excluding carboxylic acids is 1. The van der Waals surface area contributed by atoms with E-state index >= 15 is 0 Å². The van der Waals surface area contributed by atoms with Gasteiger partial charge in [0.05, 0.1) is 4.47 Å². The van der Waals surface area contributed by atoms with E-state index in [1.165, 1.54) is 6.08 Å². The minimum Gasteiger partial charge on any atom is -0.477 e. The predicted octanol–water partition coefficient (Wildman–Crippen LogP) is 5.75. The van der Waals surface area contributed by atoms with Crippen LogP contribution in [0.25, 0.3) is 6.08 Å². The summed E-state index contributed by atoms with van der Waals surface area (Å²) in [7, 11) is 0. The van der Waals surface area contributed by atoms with Crippen molar-refractivity contribution < 1.29 is 19.4 Å². The summed E-state index contributed by atoms with van der Waals surface area (Å²) in [6.07, 6.45) is 7.42. The quantitative estimate of drug-likeness (QED) is 0.427. The first-order valence-electron chi connectivity index (χ1n) is 9.81. The second-order valence-corrected chi connectivity index (χ2v) is 8.00. The van der Waals surface area contributed by atoms with E-state index in [4.69, 9.17) is 4.74 Å². The van der Waals surface area contributed by atoms with E-state index in [-0.39, 0.29) is 17.5 Å². The maximum Gasteiger partial charge on any atom is 0.352 e. The van der Waals surface area contributed by atoms with E-state index in [1.807, 2.05) is 24.3 Å². The fourth-order valence-corrected chi connectivity index (χ4v) is 3.75. The van der Waals surface area contributed by atoms with Crippen molar-refractivity contribution in [1.29, 1.82) is 0 Å². The number of nitrogens with one attached hydrogen (secondary N) is 1. The van der Waals surface area contributed by atoms with Crippen LogP contribution in [0.1, 0.15) is 44.1 Å². The van der Waals surface area contributed by atoms with Gasteiger partial charge in [0.15, 0.2) is 0 Å². The zero-order valence-corrected chi connectivity index (χ0v) is 17.7. The van der Waals surface area contributed by atoms with Crippen LogP contribution in [0.4, 0.5) is 0 Å². The molecule has 5 nitrogen and oxygen atoms in total. The third-order valence-corrected chi connectivity index (χ3v) is 5.62. The SMILES string of the molecule is O=C(O)/C(=C\c1ccc(Oc2ccccc2Br)cc1)NC(=O)C1CCCCCC1. The van der Waals surface area contributed by atoms with E-state index in [0.29, 0.717) is 17.1 Å². The van der Waals surface area contributed by atoms with Gasteiger partial charge in [-0.25, -0.2) is 4.79 Å². The number of hydrogen-bond acceptors (Lipinski definition) is 3. The third kappa shape index (κ3) is 6.19. The lowest BCUT2D eigenvalue weighted by molar-refractivity contribution is -0.135. The van der Waals surface area contributed by atoms with Gasteiger partial charge >= 0.3 is 5.97 Å².